The van der Waals surface area contributed by atoms with E-state index in [4.69, 9.17) is 4.74 Å². The number of aliphatic imine (C=N–C) groups is 1. The summed E-state index contributed by atoms with van der Waals surface area (Å²) in [5.74, 6) is 0.940. The highest BCUT2D eigenvalue weighted by Crippen LogP contribution is 2.30. The molecule has 4 nitrogen and oxygen atoms in total. The molecule has 1 heterocycles. The van der Waals surface area contributed by atoms with Crippen LogP contribution < -0.4 is 9.64 Å². The first-order valence-corrected chi connectivity index (χ1v) is 15.2. The second-order valence-corrected chi connectivity index (χ2v) is 11.6. The summed E-state index contributed by atoms with van der Waals surface area (Å²) in [6.45, 7) is 10.4. The van der Waals surface area contributed by atoms with Crippen LogP contribution in [0.3, 0.4) is 0 Å². The molecule has 0 saturated carbocycles. The zero-order valence-corrected chi connectivity index (χ0v) is 24.9. The predicted octanol–water partition coefficient (Wildman–Crippen LogP) is 9.12. The fourth-order valence-electron chi connectivity index (χ4n) is 5.48. The molecule has 1 aliphatic heterocycles. The molecule has 0 saturated heterocycles. The van der Waals surface area contributed by atoms with Gasteiger partial charge in [0.05, 0.1) is 13.2 Å². The lowest BCUT2D eigenvalue weighted by Gasteiger charge is -2.28. The average molecular weight is 531 g/mol. The van der Waals surface area contributed by atoms with E-state index in [1.165, 1.54) is 68.9 Å². The van der Waals surface area contributed by atoms with Crippen molar-refractivity contribution in [3.8, 4) is 5.75 Å². The molecular formula is C35H50N2O2. The van der Waals surface area contributed by atoms with Crippen molar-refractivity contribution in [2.24, 2.45) is 10.4 Å². The molecule has 0 spiro atoms. The van der Waals surface area contributed by atoms with E-state index in [1.807, 2.05) is 29.3 Å². The van der Waals surface area contributed by atoms with Crippen LogP contribution in [0.2, 0.25) is 0 Å². The predicted molar refractivity (Wildman–Crippen MR) is 166 cm³/mol. The van der Waals surface area contributed by atoms with E-state index in [0.29, 0.717) is 6.54 Å². The Balaban J connectivity index is 1.44. The summed E-state index contributed by atoms with van der Waals surface area (Å²) >= 11 is 0. The quantitative estimate of drug-likeness (QED) is 0.191. The number of hydrogen-bond donors (Lipinski definition) is 0. The monoisotopic (exact) mass is 530 g/mol. The van der Waals surface area contributed by atoms with Gasteiger partial charge in [-0.3, -0.25) is 9.79 Å². The van der Waals surface area contributed by atoms with E-state index in [-0.39, 0.29) is 11.3 Å². The third kappa shape index (κ3) is 11.0. The topological polar surface area (TPSA) is 41.9 Å². The molecule has 39 heavy (non-hydrogen) atoms. The number of dihydropyridines is 1. The number of rotatable bonds is 17. The first-order valence-electron chi connectivity index (χ1n) is 15.2. The van der Waals surface area contributed by atoms with Crippen molar-refractivity contribution in [3.05, 3.63) is 71.3 Å². The summed E-state index contributed by atoms with van der Waals surface area (Å²) in [6, 6.07) is 16.6. The van der Waals surface area contributed by atoms with Crippen molar-refractivity contribution in [2.75, 3.05) is 18.1 Å². The Kier molecular flexibility index (Phi) is 12.8. The lowest BCUT2D eigenvalue weighted by Crippen LogP contribution is -2.28. The number of allylic oxidation sites excluding steroid dienone is 1. The van der Waals surface area contributed by atoms with E-state index in [1.54, 1.807) is 6.92 Å². The van der Waals surface area contributed by atoms with Crippen molar-refractivity contribution in [1.29, 1.82) is 0 Å². The minimum Gasteiger partial charge on any atom is -0.494 e. The molecular weight excluding hydrogens is 480 g/mol. The zero-order valence-electron chi connectivity index (χ0n) is 24.9. The fraction of sp³-hybridized carbons (Fsp3) is 0.543. The number of hydrogen-bond acceptors (Lipinski definition) is 3. The number of carbonyl (C=O) groups excluding carboxylic acids is 1. The number of benzene rings is 2. The van der Waals surface area contributed by atoms with Crippen LogP contribution >= 0.6 is 0 Å². The standard InChI is InChI=1S/C35H50N2O2/c1-5-6-7-8-9-10-11-12-13-14-22-39-34-20-18-31(19-21-34)27-37(30(3)38)33-17-15-16-32(23-33)25-35(4)24-29(2)26-36-28-35/h15-21,23-24,26H,5-14,22,25,27-28H2,1-4H3. The maximum absolute atomic E-state index is 12.6. The summed E-state index contributed by atoms with van der Waals surface area (Å²) in [5.41, 5.74) is 4.46. The van der Waals surface area contributed by atoms with Crippen molar-refractivity contribution in [3.63, 3.8) is 0 Å². The van der Waals surface area contributed by atoms with Crippen LogP contribution in [0.15, 0.2) is 65.2 Å². The molecule has 1 atom stereocenters. The third-order valence-electron chi connectivity index (χ3n) is 7.56. The van der Waals surface area contributed by atoms with Gasteiger partial charge in [0.2, 0.25) is 5.91 Å². The molecule has 1 aliphatic rings. The molecule has 0 aromatic heterocycles. The lowest BCUT2D eigenvalue weighted by molar-refractivity contribution is -0.116. The van der Waals surface area contributed by atoms with Gasteiger partial charge in [-0.25, -0.2) is 0 Å². The van der Waals surface area contributed by atoms with Crippen molar-refractivity contribution < 1.29 is 9.53 Å². The molecule has 0 fully saturated rings. The van der Waals surface area contributed by atoms with Crippen molar-refractivity contribution in [2.45, 2.75) is 105 Å². The van der Waals surface area contributed by atoms with Gasteiger partial charge in [-0.05, 0) is 60.7 Å². The first kappa shape index (κ1) is 30.7. The van der Waals surface area contributed by atoms with E-state index < -0.39 is 0 Å². The first-order chi connectivity index (χ1) is 18.9. The molecule has 212 valence electrons. The summed E-state index contributed by atoms with van der Waals surface area (Å²) in [4.78, 5) is 19.0. The largest absolute Gasteiger partial charge is 0.494 e. The van der Waals surface area contributed by atoms with Crippen LogP contribution in [0.25, 0.3) is 0 Å². The molecule has 0 bridgehead atoms. The van der Waals surface area contributed by atoms with E-state index in [9.17, 15) is 4.79 Å². The van der Waals surface area contributed by atoms with Crippen LogP contribution in [0, 0.1) is 5.41 Å². The number of anilines is 1. The Labute approximate surface area is 237 Å². The molecule has 3 rings (SSSR count). The van der Waals surface area contributed by atoms with Gasteiger partial charge < -0.3 is 9.64 Å². The van der Waals surface area contributed by atoms with Gasteiger partial charge in [0.25, 0.3) is 0 Å². The smallest absolute Gasteiger partial charge is 0.224 e. The summed E-state index contributed by atoms with van der Waals surface area (Å²) in [6.07, 6.45) is 18.4. The average Bonchev–Trinajstić information content (AvgIpc) is 2.90. The van der Waals surface area contributed by atoms with Gasteiger partial charge >= 0.3 is 0 Å². The minimum atomic E-state index is 0.00221. The third-order valence-corrected chi connectivity index (χ3v) is 7.56. The van der Waals surface area contributed by atoms with Gasteiger partial charge in [0.1, 0.15) is 5.75 Å². The number of carbonyl (C=O) groups is 1. The molecule has 0 aliphatic carbocycles. The highest BCUT2D eigenvalue weighted by molar-refractivity contribution is 5.91. The fourth-order valence-corrected chi connectivity index (χ4v) is 5.48. The molecule has 0 radical (unpaired) electrons. The summed E-state index contributed by atoms with van der Waals surface area (Å²) in [7, 11) is 0. The van der Waals surface area contributed by atoms with E-state index in [0.717, 1.165) is 43.0 Å². The number of unbranched alkanes of at least 4 members (excludes halogenated alkanes) is 9. The Morgan fingerprint density at radius 2 is 1.59 bits per heavy atom. The van der Waals surface area contributed by atoms with Crippen LogP contribution in [0.1, 0.15) is 103 Å². The number of amides is 1. The van der Waals surface area contributed by atoms with E-state index in [2.05, 4.69) is 62.2 Å². The van der Waals surface area contributed by atoms with Gasteiger partial charge in [-0.15, -0.1) is 0 Å². The molecule has 2 aromatic rings. The van der Waals surface area contributed by atoms with Gasteiger partial charge in [-0.2, -0.15) is 0 Å². The van der Waals surface area contributed by atoms with Gasteiger partial charge in [0, 0.05) is 30.8 Å². The second-order valence-electron chi connectivity index (χ2n) is 11.6. The molecule has 1 unspecified atom stereocenters. The zero-order chi connectivity index (χ0) is 27.9. The van der Waals surface area contributed by atoms with Crippen LogP contribution in [0.4, 0.5) is 5.69 Å². The van der Waals surface area contributed by atoms with E-state index >= 15 is 0 Å². The lowest BCUT2D eigenvalue weighted by atomic mass is 9.81. The Morgan fingerprint density at radius 1 is 0.923 bits per heavy atom. The van der Waals surface area contributed by atoms with Crippen LogP contribution in [0.5, 0.6) is 5.75 Å². The number of nitrogens with zero attached hydrogens (tertiary/aromatic N) is 2. The Hall–Kier alpha value is -2.88. The van der Waals surface area contributed by atoms with Crippen LogP contribution in [-0.4, -0.2) is 25.3 Å². The highest BCUT2D eigenvalue weighted by atomic mass is 16.5. The molecule has 1 amide bonds. The summed E-state index contributed by atoms with van der Waals surface area (Å²) in [5, 5.41) is 0. The number of ether oxygens (including phenoxy) is 1. The normalized spacial score (nSPS) is 16.7. The second kappa shape index (κ2) is 16.3. The van der Waals surface area contributed by atoms with Crippen LogP contribution in [-0.2, 0) is 17.8 Å². The van der Waals surface area contributed by atoms with Gasteiger partial charge in [-0.1, -0.05) is 102 Å². The molecule has 2 aromatic carbocycles. The Morgan fingerprint density at radius 3 is 2.23 bits per heavy atom. The van der Waals surface area contributed by atoms with Crippen molar-refractivity contribution in [1.82, 2.24) is 0 Å². The SMILES string of the molecule is CCCCCCCCCCCCOc1ccc(CN(C(C)=O)c2cccc(CC3(C)C=C(C)C=NC3)c2)cc1. The Bertz CT molecular complexity index is 1070. The highest BCUT2D eigenvalue weighted by Gasteiger charge is 2.24. The summed E-state index contributed by atoms with van der Waals surface area (Å²) < 4.78 is 5.98. The van der Waals surface area contributed by atoms with Crippen molar-refractivity contribution >= 4 is 17.8 Å². The maximum Gasteiger partial charge on any atom is 0.224 e. The minimum absolute atomic E-state index is 0.00221. The maximum atomic E-state index is 12.6. The molecule has 0 N–H and O–H groups in total. The molecule has 4 heteroatoms. The van der Waals surface area contributed by atoms with Gasteiger partial charge in [0.15, 0.2) is 0 Å².